The van der Waals surface area contributed by atoms with E-state index in [0.29, 0.717) is 0 Å². The van der Waals surface area contributed by atoms with Crippen LogP contribution in [0, 0.1) is 0 Å². The first-order valence-corrected chi connectivity index (χ1v) is 9.74. The fourth-order valence-electron chi connectivity index (χ4n) is 3.02. The molecule has 0 atom stereocenters. The van der Waals surface area contributed by atoms with Crippen molar-refractivity contribution < 1.29 is 4.79 Å². The maximum atomic E-state index is 11.3. The summed E-state index contributed by atoms with van der Waals surface area (Å²) >= 11 is 1.57. The third kappa shape index (κ3) is 3.57. The molecule has 4 rings (SSSR count). The van der Waals surface area contributed by atoms with Gasteiger partial charge in [-0.25, -0.2) is 9.50 Å². The minimum Gasteiger partial charge on any atom is -0.326 e. The fourth-order valence-corrected chi connectivity index (χ4v) is 3.54. The first-order chi connectivity index (χ1) is 13.1. The first kappa shape index (κ1) is 17.3. The fraction of sp³-hybridized carbons (Fsp3) is 0.0952. The standard InChI is InChI=1S/C21H18N4OS/c1-14(26)23-18-8-4-6-16(12-18)15-5-3-7-17(11-15)20-13-19-9-10-22-25(19)21(24-20)27-2/h3-13H,1-2H3,(H,23,26). The summed E-state index contributed by atoms with van der Waals surface area (Å²) in [6, 6.07) is 20.1. The second-order valence-electron chi connectivity index (χ2n) is 6.14. The predicted molar refractivity (Wildman–Crippen MR) is 110 cm³/mol. The minimum atomic E-state index is -0.0798. The van der Waals surface area contributed by atoms with E-state index in [9.17, 15) is 4.79 Å². The van der Waals surface area contributed by atoms with Gasteiger partial charge in [-0.3, -0.25) is 4.79 Å². The normalized spacial score (nSPS) is 10.9. The van der Waals surface area contributed by atoms with E-state index in [0.717, 1.165) is 38.7 Å². The van der Waals surface area contributed by atoms with Crippen LogP contribution in [0.1, 0.15) is 6.92 Å². The van der Waals surface area contributed by atoms with Gasteiger partial charge >= 0.3 is 0 Å². The molecule has 2 heterocycles. The summed E-state index contributed by atoms with van der Waals surface area (Å²) in [5.74, 6) is -0.0798. The number of aromatic nitrogens is 3. The molecule has 27 heavy (non-hydrogen) atoms. The van der Waals surface area contributed by atoms with Crippen LogP contribution in [0.25, 0.3) is 27.9 Å². The van der Waals surface area contributed by atoms with Gasteiger partial charge in [0.25, 0.3) is 0 Å². The Bertz CT molecular complexity index is 1140. The van der Waals surface area contributed by atoms with Gasteiger partial charge in [-0.15, -0.1) is 0 Å². The molecule has 4 aromatic rings. The number of hydrogen-bond acceptors (Lipinski definition) is 4. The Morgan fingerprint density at radius 2 is 1.74 bits per heavy atom. The van der Waals surface area contributed by atoms with E-state index in [1.54, 1.807) is 18.0 Å². The highest BCUT2D eigenvalue weighted by Gasteiger charge is 2.09. The lowest BCUT2D eigenvalue weighted by molar-refractivity contribution is -0.114. The monoisotopic (exact) mass is 374 g/mol. The zero-order chi connectivity index (χ0) is 18.8. The van der Waals surface area contributed by atoms with E-state index in [4.69, 9.17) is 4.98 Å². The average Bonchev–Trinajstić information content (AvgIpc) is 3.16. The summed E-state index contributed by atoms with van der Waals surface area (Å²) in [5.41, 5.74) is 5.86. The Morgan fingerprint density at radius 1 is 1.00 bits per heavy atom. The lowest BCUT2D eigenvalue weighted by Gasteiger charge is -2.09. The van der Waals surface area contributed by atoms with E-state index in [1.807, 2.05) is 53.2 Å². The highest BCUT2D eigenvalue weighted by atomic mass is 32.2. The second-order valence-corrected chi connectivity index (χ2v) is 6.91. The van der Waals surface area contributed by atoms with Gasteiger partial charge in [0.15, 0.2) is 5.16 Å². The maximum Gasteiger partial charge on any atom is 0.221 e. The van der Waals surface area contributed by atoms with Gasteiger partial charge < -0.3 is 5.32 Å². The third-order valence-corrected chi connectivity index (χ3v) is 4.84. The quantitative estimate of drug-likeness (QED) is 0.414. The molecule has 0 unspecified atom stereocenters. The molecule has 2 aromatic heterocycles. The van der Waals surface area contributed by atoms with Crippen molar-refractivity contribution in [1.29, 1.82) is 0 Å². The van der Waals surface area contributed by atoms with E-state index < -0.39 is 0 Å². The van der Waals surface area contributed by atoms with Crippen molar-refractivity contribution in [3.63, 3.8) is 0 Å². The number of carbonyl (C=O) groups excluding carboxylic acids is 1. The molecule has 5 nitrogen and oxygen atoms in total. The number of anilines is 1. The number of nitrogens with zero attached hydrogens (tertiary/aromatic N) is 3. The van der Waals surface area contributed by atoms with Gasteiger partial charge in [-0.1, -0.05) is 42.1 Å². The number of carbonyl (C=O) groups is 1. The number of hydrogen-bond donors (Lipinski definition) is 1. The lowest BCUT2D eigenvalue weighted by atomic mass is 10.0. The summed E-state index contributed by atoms with van der Waals surface area (Å²) in [7, 11) is 0. The SMILES string of the molecule is CSc1nc(-c2cccc(-c3cccc(NC(C)=O)c3)c2)cc2ccnn12. The summed E-state index contributed by atoms with van der Waals surface area (Å²) in [4.78, 5) is 16.1. The Labute approximate surface area is 161 Å². The summed E-state index contributed by atoms with van der Waals surface area (Å²) in [6.07, 6.45) is 3.78. The van der Waals surface area contributed by atoms with Gasteiger partial charge in [0.1, 0.15) is 0 Å². The predicted octanol–water partition coefficient (Wildman–Crippen LogP) is 4.74. The Balaban J connectivity index is 1.76. The molecule has 2 aromatic carbocycles. The minimum absolute atomic E-state index is 0.0798. The molecule has 1 amide bonds. The van der Waals surface area contributed by atoms with E-state index in [-0.39, 0.29) is 5.91 Å². The Kier molecular flexibility index (Phi) is 4.64. The zero-order valence-electron chi connectivity index (χ0n) is 15.0. The van der Waals surface area contributed by atoms with Crippen LogP contribution in [-0.2, 0) is 4.79 Å². The van der Waals surface area contributed by atoms with Crippen LogP contribution in [0.3, 0.4) is 0 Å². The van der Waals surface area contributed by atoms with Crippen LogP contribution in [0.4, 0.5) is 5.69 Å². The van der Waals surface area contributed by atoms with Crippen LogP contribution in [0.5, 0.6) is 0 Å². The zero-order valence-corrected chi connectivity index (χ0v) is 15.8. The number of nitrogens with one attached hydrogen (secondary N) is 1. The van der Waals surface area contributed by atoms with Crippen molar-refractivity contribution in [2.24, 2.45) is 0 Å². The molecule has 0 bridgehead atoms. The molecule has 0 saturated carbocycles. The maximum absolute atomic E-state index is 11.3. The first-order valence-electron chi connectivity index (χ1n) is 8.51. The van der Waals surface area contributed by atoms with E-state index in [2.05, 4.69) is 28.6 Å². The van der Waals surface area contributed by atoms with Crippen molar-refractivity contribution in [2.75, 3.05) is 11.6 Å². The van der Waals surface area contributed by atoms with Crippen molar-refractivity contribution >= 4 is 28.9 Å². The van der Waals surface area contributed by atoms with Gasteiger partial charge in [0.05, 0.1) is 17.4 Å². The van der Waals surface area contributed by atoms with Gasteiger partial charge in [0, 0.05) is 18.2 Å². The van der Waals surface area contributed by atoms with Crippen molar-refractivity contribution in [3.05, 3.63) is 66.9 Å². The molecule has 1 N–H and O–H groups in total. The molecule has 0 aliphatic rings. The van der Waals surface area contributed by atoms with Crippen molar-refractivity contribution in [1.82, 2.24) is 14.6 Å². The number of amides is 1. The molecule has 0 spiro atoms. The van der Waals surface area contributed by atoms with Crippen LogP contribution in [0.2, 0.25) is 0 Å². The molecule has 0 radical (unpaired) electrons. The largest absolute Gasteiger partial charge is 0.326 e. The topological polar surface area (TPSA) is 59.3 Å². The molecule has 0 saturated heterocycles. The smallest absolute Gasteiger partial charge is 0.221 e. The van der Waals surface area contributed by atoms with Crippen LogP contribution in [0.15, 0.2) is 72.0 Å². The number of rotatable bonds is 4. The Morgan fingerprint density at radius 3 is 2.52 bits per heavy atom. The number of thioether (sulfide) groups is 1. The number of benzene rings is 2. The van der Waals surface area contributed by atoms with Crippen molar-refractivity contribution in [2.45, 2.75) is 12.1 Å². The van der Waals surface area contributed by atoms with Crippen LogP contribution >= 0.6 is 11.8 Å². The lowest BCUT2D eigenvalue weighted by Crippen LogP contribution is -2.05. The van der Waals surface area contributed by atoms with Gasteiger partial charge in [-0.05, 0) is 47.7 Å². The van der Waals surface area contributed by atoms with E-state index in [1.165, 1.54) is 6.92 Å². The molecular weight excluding hydrogens is 356 g/mol. The Hall–Kier alpha value is -3.12. The molecular formula is C21H18N4OS. The molecule has 6 heteroatoms. The highest BCUT2D eigenvalue weighted by Crippen LogP contribution is 2.29. The number of fused-ring (bicyclic) bond motifs is 1. The summed E-state index contributed by atoms with van der Waals surface area (Å²) in [5, 5.41) is 8.00. The van der Waals surface area contributed by atoms with E-state index >= 15 is 0 Å². The molecule has 0 aliphatic heterocycles. The molecule has 0 fully saturated rings. The van der Waals surface area contributed by atoms with Gasteiger partial charge in [0.2, 0.25) is 5.91 Å². The molecule has 134 valence electrons. The van der Waals surface area contributed by atoms with Crippen LogP contribution in [-0.4, -0.2) is 26.8 Å². The summed E-state index contributed by atoms with van der Waals surface area (Å²) in [6.45, 7) is 1.51. The van der Waals surface area contributed by atoms with Crippen LogP contribution < -0.4 is 5.32 Å². The third-order valence-electron chi connectivity index (χ3n) is 4.21. The highest BCUT2D eigenvalue weighted by molar-refractivity contribution is 7.98. The average molecular weight is 374 g/mol. The van der Waals surface area contributed by atoms with Crippen molar-refractivity contribution in [3.8, 4) is 22.4 Å². The second kappa shape index (κ2) is 7.25. The van der Waals surface area contributed by atoms with Gasteiger partial charge in [-0.2, -0.15) is 5.10 Å². The summed E-state index contributed by atoms with van der Waals surface area (Å²) < 4.78 is 1.84. The molecule has 0 aliphatic carbocycles.